The van der Waals surface area contributed by atoms with Crippen LogP contribution in [0.4, 0.5) is 9.18 Å². The summed E-state index contributed by atoms with van der Waals surface area (Å²) in [6, 6.07) is 9.73. The lowest BCUT2D eigenvalue weighted by atomic mass is 9.96. The maximum Gasteiger partial charge on any atom is 0.325 e. The van der Waals surface area contributed by atoms with E-state index in [0.29, 0.717) is 40.5 Å². The summed E-state index contributed by atoms with van der Waals surface area (Å²) in [5.41, 5.74) is 2.08. The van der Waals surface area contributed by atoms with Crippen molar-refractivity contribution in [3.8, 4) is 17.0 Å². The fraction of sp³-hybridized carbons (Fsp3) is 0.346. The fourth-order valence-electron chi connectivity index (χ4n) is 4.34. The minimum atomic E-state index is -0.847. The van der Waals surface area contributed by atoms with E-state index in [-0.39, 0.29) is 30.9 Å². The first-order valence-corrected chi connectivity index (χ1v) is 12.8. The van der Waals surface area contributed by atoms with Crippen LogP contribution in [0.5, 0.6) is 5.75 Å². The number of aliphatic hydroxyl groups excluding tert-OH is 1. The zero-order valence-electron chi connectivity index (χ0n) is 20.2. The normalized spacial score (nSPS) is 17.3. The molecule has 1 saturated heterocycles. The molecule has 36 heavy (non-hydrogen) atoms. The molecule has 3 N–H and O–H groups in total. The van der Waals surface area contributed by atoms with Crippen molar-refractivity contribution in [3.63, 3.8) is 0 Å². The predicted octanol–water partition coefficient (Wildman–Crippen LogP) is 4.88. The summed E-state index contributed by atoms with van der Waals surface area (Å²) in [6.45, 7) is 5.80. The number of benzene rings is 2. The number of rotatable bonds is 9. The number of nitrogens with one attached hydrogen (secondary N) is 2. The molecule has 4 rings (SSSR count). The Hall–Kier alpha value is -2.99. The van der Waals surface area contributed by atoms with Gasteiger partial charge in [-0.2, -0.15) is 0 Å². The van der Waals surface area contributed by atoms with Gasteiger partial charge in [0, 0.05) is 14.8 Å². The molecule has 1 aliphatic heterocycles. The molecule has 1 fully saturated rings. The number of imidazole rings is 1. The second kappa shape index (κ2) is 11.0. The van der Waals surface area contributed by atoms with Gasteiger partial charge in [-0.1, -0.05) is 32.4 Å². The minimum Gasteiger partial charge on any atom is -0.491 e. The molecule has 0 aliphatic carbocycles. The van der Waals surface area contributed by atoms with E-state index in [4.69, 9.17) is 9.84 Å². The number of carbonyl (C=O) groups is 2. The van der Waals surface area contributed by atoms with Gasteiger partial charge >= 0.3 is 6.03 Å². The highest BCUT2D eigenvalue weighted by atomic mass is 127. The van der Waals surface area contributed by atoms with Crippen molar-refractivity contribution in [3.05, 3.63) is 68.9 Å². The van der Waals surface area contributed by atoms with Crippen LogP contribution in [0.3, 0.4) is 0 Å². The average Bonchev–Trinajstić information content (AvgIpc) is 3.37. The van der Waals surface area contributed by atoms with Gasteiger partial charge in [-0.25, -0.2) is 14.2 Å². The monoisotopic (exact) mass is 606 g/mol. The molecule has 3 aromatic rings. The molecule has 190 valence electrons. The van der Waals surface area contributed by atoms with E-state index >= 15 is 0 Å². The first-order valence-electron chi connectivity index (χ1n) is 11.7. The first-order chi connectivity index (χ1) is 17.2. The Balaban J connectivity index is 1.66. The molecule has 3 amide bonds. The van der Waals surface area contributed by atoms with Gasteiger partial charge in [0.2, 0.25) is 0 Å². The van der Waals surface area contributed by atoms with Gasteiger partial charge in [0.05, 0.1) is 12.3 Å². The quantitative estimate of drug-likeness (QED) is 0.238. The first kappa shape index (κ1) is 26.1. The SMILES string of the molecule is CC[C@H](C)[C@@H](c1nc(-c2ccc(I)cc2F)c(C)[nH]1)N1C(=O)N[C@H](c2ccc(OCCO)cc2)C1=O. The van der Waals surface area contributed by atoms with Crippen molar-refractivity contribution in [1.82, 2.24) is 20.2 Å². The number of imide groups is 1. The Kier molecular flexibility index (Phi) is 7.94. The molecule has 1 aromatic heterocycles. The smallest absolute Gasteiger partial charge is 0.325 e. The van der Waals surface area contributed by atoms with Crippen LogP contribution in [0.15, 0.2) is 42.5 Å². The number of hydrogen-bond acceptors (Lipinski definition) is 5. The zero-order valence-corrected chi connectivity index (χ0v) is 22.4. The summed E-state index contributed by atoms with van der Waals surface area (Å²) in [7, 11) is 0. The van der Waals surface area contributed by atoms with Gasteiger partial charge in [0.25, 0.3) is 5.91 Å². The Morgan fingerprint density at radius 2 is 1.94 bits per heavy atom. The maximum atomic E-state index is 14.7. The lowest BCUT2D eigenvalue weighted by Gasteiger charge is -2.28. The highest BCUT2D eigenvalue weighted by Gasteiger charge is 2.45. The molecular weight excluding hydrogens is 578 g/mol. The van der Waals surface area contributed by atoms with E-state index in [1.54, 1.807) is 43.3 Å². The summed E-state index contributed by atoms with van der Waals surface area (Å²) in [5, 5.41) is 11.7. The van der Waals surface area contributed by atoms with E-state index < -0.39 is 18.1 Å². The molecule has 0 saturated carbocycles. The number of carbonyl (C=O) groups excluding carboxylic acids is 2. The number of nitrogens with zero attached hydrogens (tertiary/aromatic N) is 2. The van der Waals surface area contributed by atoms with E-state index in [9.17, 15) is 14.0 Å². The fourth-order valence-corrected chi connectivity index (χ4v) is 4.79. The second-order valence-corrected chi connectivity index (χ2v) is 10.0. The van der Waals surface area contributed by atoms with Crippen LogP contribution >= 0.6 is 22.6 Å². The lowest BCUT2D eigenvalue weighted by Crippen LogP contribution is -2.38. The summed E-state index contributed by atoms with van der Waals surface area (Å²) >= 11 is 2.05. The number of H-pyrrole nitrogens is 1. The highest BCUT2D eigenvalue weighted by Crippen LogP contribution is 2.37. The molecule has 8 nitrogen and oxygen atoms in total. The Labute approximate surface area is 222 Å². The zero-order chi connectivity index (χ0) is 26.0. The van der Waals surface area contributed by atoms with Gasteiger partial charge in [-0.3, -0.25) is 9.69 Å². The third-order valence-electron chi connectivity index (χ3n) is 6.38. The Bertz CT molecular complexity index is 1260. The lowest BCUT2D eigenvalue weighted by molar-refractivity contribution is -0.130. The van der Waals surface area contributed by atoms with Crippen LogP contribution in [-0.4, -0.2) is 45.1 Å². The molecule has 0 radical (unpaired) electrons. The Morgan fingerprint density at radius 1 is 1.22 bits per heavy atom. The van der Waals surface area contributed by atoms with Crippen LogP contribution < -0.4 is 10.1 Å². The molecule has 0 unspecified atom stereocenters. The number of halogens is 2. The summed E-state index contributed by atoms with van der Waals surface area (Å²) in [4.78, 5) is 35.8. The molecular formula is C26H28FIN4O4. The molecule has 3 atom stereocenters. The van der Waals surface area contributed by atoms with Crippen LogP contribution in [0.1, 0.15) is 49.4 Å². The number of aromatic amines is 1. The van der Waals surface area contributed by atoms with Gasteiger partial charge in [-0.15, -0.1) is 0 Å². The van der Waals surface area contributed by atoms with Crippen LogP contribution in [0.2, 0.25) is 0 Å². The molecule has 0 spiro atoms. The summed E-state index contributed by atoms with van der Waals surface area (Å²) < 4.78 is 20.9. The maximum absolute atomic E-state index is 14.7. The number of ether oxygens (including phenoxy) is 1. The molecule has 2 aromatic carbocycles. The van der Waals surface area contributed by atoms with Crippen LogP contribution in [0.25, 0.3) is 11.3 Å². The number of hydrogen-bond donors (Lipinski definition) is 3. The number of aryl methyl sites for hydroxylation is 1. The molecule has 0 bridgehead atoms. The third-order valence-corrected chi connectivity index (χ3v) is 7.05. The van der Waals surface area contributed by atoms with Gasteiger partial charge in [0.1, 0.15) is 36.1 Å². The van der Waals surface area contributed by atoms with Crippen molar-refractivity contribution in [1.29, 1.82) is 0 Å². The van der Waals surface area contributed by atoms with Crippen molar-refractivity contribution in [2.24, 2.45) is 5.92 Å². The van der Waals surface area contributed by atoms with E-state index in [2.05, 4.69) is 15.3 Å². The minimum absolute atomic E-state index is 0.102. The van der Waals surface area contributed by atoms with Gasteiger partial charge < -0.3 is 20.1 Å². The Morgan fingerprint density at radius 3 is 2.58 bits per heavy atom. The standard InChI is InChI=1S/C26H28FIN4O4/c1-4-14(2)23(24-29-15(3)21(30-24)19-10-7-17(28)13-20(19)27)32-25(34)22(31-26(32)35)16-5-8-18(9-6-16)36-12-11-33/h5-10,13-14,22-23,33H,4,11-12H2,1-3H3,(H,29,30)(H,31,35)/t14-,22+,23-/m0/s1. The van der Waals surface area contributed by atoms with Crippen LogP contribution in [-0.2, 0) is 4.79 Å². The highest BCUT2D eigenvalue weighted by molar-refractivity contribution is 14.1. The summed E-state index contributed by atoms with van der Waals surface area (Å²) in [6.07, 6.45) is 0.691. The number of urea groups is 1. The topological polar surface area (TPSA) is 108 Å². The van der Waals surface area contributed by atoms with Crippen LogP contribution in [0, 0.1) is 22.2 Å². The van der Waals surface area contributed by atoms with E-state index in [1.807, 2.05) is 36.4 Å². The number of aliphatic hydroxyl groups is 1. The summed E-state index contributed by atoms with van der Waals surface area (Å²) in [5.74, 6) is 0.120. The third kappa shape index (κ3) is 5.10. The van der Waals surface area contributed by atoms with Crippen molar-refractivity contribution >= 4 is 34.5 Å². The van der Waals surface area contributed by atoms with Gasteiger partial charge in [-0.05, 0) is 71.3 Å². The van der Waals surface area contributed by atoms with Crippen molar-refractivity contribution < 1.29 is 23.8 Å². The molecule has 2 heterocycles. The largest absolute Gasteiger partial charge is 0.491 e. The van der Waals surface area contributed by atoms with E-state index in [0.717, 1.165) is 3.57 Å². The molecule has 10 heteroatoms. The number of amides is 3. The van der Waals surface area contributed by atoms with E-state index in [1.165, 1.54) is 11.0 Å². The average molecular weight is 606 g/mol. The number of aromatic nitrogens is 2. The predicted molar refractivity (Wildman–Crippen MR) is 141 cm³/mol. The van der Waals surface area contributed by atoms with Crippen molar-refractivity contribution in [2.75, 3.05) is 13.2 Å². The van der Waals surface area contributed by atoms with Gasteiger partial charge in [0.15, 0.2) is 0 Å². The molecule has 1 aliphatic rings. The van der Waals surface area contributed by atoms with Crippen molar-refractivity contribution in [2.45, 2.75) is 39.3 Å². The second-order valence-electron chi connectivity index (χ2n) is 8.78.